The summed E-state index contributed by atoms with van der Waals surface area (Å²) < 4.78 is 6.01. The number of benzene rings is 1. The van der Waals surface area contributed by atoms with Gasteiger partial charge in [-0.15, -0.1) is 0 Å². The van der Waals surface area contributed by atoms with Gasteiger partial charge in [-0.3, -0.25) is 9.59 Å². The van der Waals surface area contributed by atoms with E-state index in [1.807, 2.05) is 4.90 Å². The molecule has 30 heavy (non-hydrogen) atoms. The van der Waals surface area contributed by atoms with Crippen LogP contribution < -0.4 is 25.6 Å². The van der Waals surface area contributed by atoms with E-state index in [0.717, 1.165) is 3.79 Å². The highest BCUT2D eigenvalue weighted by Crippen LogP contribution is 2.30. The zero-order valence-corrected chi connectivity index (χ0v) is 19.4. The van der Waals surface area contributed by atoms with Crippen molar-refractivity contribution in [2.24, 2.45) is 0 Å². The van der Waals surface area contributed by atoms with Crippen LogP contribution in [-0.4, -0.2) is 43.1 Å². The topological polar surface area (TPSA) is 99.8 Å². The van der Waals surface area contributed by atoms with Crippen molar-refractivity contribution in [2.45, 2.75) is 19.4 Å². The lowest BCUT2D eigenvalue weighted by Gasteiger charge is -2.29. The molecular weight excluding hydrogens is 496 g/mol. The van der Waals surface area contributed by atoms with Gasteiger partial charge in [0.2, 0.25) is 11.8 Å². The summed E-state index contributed by atoms with van der Waals surface area (Å²) in [5, 5.41) is 8.87. The molecule has 0 atom stereocenters. The Hall–Kier alpha value is -2.30. The van der Waals surface area contributed by atoms with Gasteiger partial charge in [0, 0.05) is 18.8 Å². The third kappa shape index (κ3) is 5.65. The fraction of sp³-hybridized carbons (Fsp3) is 0.316. The number of amides is 3. The Balaban J connectivity index is 1.61. The first-order valence-corrected chi connectivity index (χ1v) is 11.0. The van der Waals surface area contributed by atoms with Crippen molar-refractivity contribution in [3.63, 3.8) is 0 Å². The molecule has 3 rings (SSSR count). The van der Waals surface area contributed by atoms with Gasteiger partial charge in [0.15, 0.2) is 5.06 Å². The highest BCUT2D eigenvalue weighted by molar-refractivity contribution is 9.11. The number of ether oxygens (including phenoxy) is 1. The molecule has 1 aliphatic heterocycles. The summed E-state index contributed by atoms with van der Waals surface area (Å²) >= 11 is 10.9. The van der Waals surface area contributed by atoms with Crippen LogP contribution in [0.1, 0.15) is 13.8 Å². The quantitative estimate of drug-likeness (QED) is 0.565. The molecule has 0 saturated carbocycles. The molecule has 8 nitrogen and oxygen atoms in total. The Labute approximate surface area is 191 Å². The molecule has 1 saturated heterocycles. The van der Waals surface area contributed by atoms with Crippen LogP contribution in [0.25, 0.3) is 0 Å². The molecule has 2 aromatic rings. The van der Waals surface area contributed by atoms with Crippen LogP contribution in [-0.2, 0) is 9.59 Å². The van der Waals surface area contributed by atoms with E-state index in [-0.39, 0.29) is 12.5 Å². The Bertz CT molecular complexity index is 981. The first-order chi connectivity index (χ1) is 14.1. The van der Waals surface area contributed by atoms with E-state index in [1.54, 1.807) is 44.2 Å². The van der Waals surface area contributed by atoms with Gasteiger partial charge in [0.05, 0.1) is 21.0 Å². The first-order valence-electron chi connectivity index (χ1n) is 9.02. The van der Waals surface area contributed by atoms with Crippen molar-refractivity contribution in [3.05, 3.63) is 39.1 Å². The van der Waals surface area contributed by atoms with E-state index in [9.17, 15) is 14.4 Å². The molecule has 0 unspecified atom stereocenters. The van der Waals surface area contributed by atoms with Crippen LogP contribution in [0.2, 0.25) is 5.02 Å². The van der Waals surface area contributed by atoms with Crippen molar-refractivity contribution >= 4 is 68.2 Å². The van der Waals surface area contributed by atoms with Crippen LogP contribution in [0.15, 0.2) is 34.1 Å². The lowest BCUT2D eigenvalue weighted by atomic mass is 10.0. The average molecular weight is 516 g/mol. The largest absolute Gasteiger partial charge is 0.414 e. The second kappa shape index (κ2) is 9.23. The maximum Gasteiger partial charge on any atom is 0.414 e. The van der Waals surface area contributed by atoms with Crippen molar-refractivity contribution in [1.29, 1.82) is 0 Å². The van der Waals surface area contributed by atoms with Gasteiger partial charge < -0.3 is 25.6 Å². The molecular formula is C19H20BrClN4O4S. The van der Waals surface area contributed by atoms with Crippen molar-refractivity contribution in [3.8, 4) is 5.06 Å². The van der Waals surface area contributed by atoms with E-state index in [0.29, 0.717) is 34.6 Å². The van der Waals surface area contributed by atoms with Crippen LogP contribution >= 0.6 is 38.9 Å². The van der Waals surface area contributed by atoms with E-state index in [2.05, 4.69) is 31.9 Å². The monoisotopic (exact) mass is 514 g/mol. The molecule has 11 heteroatoms. The normalized spacial score (nSPS) is 14.1. The van der Waals surface area contributed by atoms with Crippen LogP contribution in [0.4, 0.5) is 16.2 Å². The van der Waals surface area contributed by atoms with E-state index in [1.165, 1.54) is 11.3 Å². The lowest BCUT2D eigenvalue weighted by Crippen LogP contribution is -2.53. The summed E-state index contributed by atoms with van der Waals surface area (Å²) in [7, 11) is 0. The average Bonchev–Trinajstić information content (AvgIpc) is 3.05. The molecule has 160 valence electrons. The van der Waals surface area contributed by atoms with Gasteiger partial charge in [0.25, 0.3) is 0 Å². The SMILES string of the molecule is CC(C)(NC(=O)Oc1ccc(Br)s1)C(=O)Nc1ccc(N2CCNC(=O)C2)c(Cl)c1. The van der Waals surface area contributed by atoms with E-state index in [4.69, 9.17) is 16.3 Å². The second-order valence-electron chi connectivity index (χ2n) is 7.09. The molecule has 1 aromatic carbocycles. The zero-order chi connectivity index (χ0) is 21.9. The number of hydrogen-bond acceptors (Lipinski definition) is 6. The van der Waals surface area contributed by atoms with Gasteiger partial charge in [0.1, 0.15) is 5.54 Å². The van der Waals surface area contributed by atoms with Crippen molar-refractivity contribution in [1.82, 2.24) is 10.6 Å². The van der Waals surface area contributed by atoms with Gasteiger partial charge in [-0.25, -0.2) is 4.79 Å². The van der Waals surface area contributed by atoms with E-state index >= 15 is 0 Å². The third-order valence-electron chi connectivity index (χ3n) is 4.31. The Morgan fingerprint density at radius 1 is 1.30 bits per heavy atom. The van der Waals surface area contributed by atoms with Crippen molar-refractivity contribution in [2.75, 3.05) is 29.9 Å². The highest BCUT2D eigenvalue weighted by atomic mass is 79.9. The minimum atomic E-state index is -1.23. The number of rotatable bonds is 5. The van der Waals surface area contributed by atoms with Gasteiger partial charge >= 0.3 is 6.09 Å². The molecule has 1 aromatic heterocycles. The zero-order valence-electron chi connectivity index (χ0n) is 16.3. The minimum absolute atomic E-state index is 0.0655. The fourth-order valence-corrected chi connectivity index (χ4v) is 4.25. The molecule has 0 radical (unpaired) electrons. The Morgan fingerprint density at radius 3 is 2.70 bits per heavy atom. The second-order valence-corrected chi connectivity index (χ2v) is 9.92. The Kier molecular flexibility index (Phi) is 6.89. The number of nitrogens with zero attached hydrogens (tertiary/aromatic N) is 1. The fourth-order valence-electron chi connectivity index (χ4n) is 2.75. The highest BCUT2D eigenvalue weighted by Gasteiger charge is 2.31. The lowest BCUT2D eigenvalue weighted by molar-refractivity contribution is -0.121. The first kappa shape index (κ1) is 22.4. The standard InChI is InChI=1S/C19H20BrClN4O4S/c1-19(2,24-18(28)29-16-6-5-14(20)30-16)17(27)23-11-3-4-13(12(21)9-11)25-8-7-22-15(26)10-25/h3-6,9H,7-8,10H2,1-2H3,(H,22,26)(H,23,27)(H,24,28). The molecule has 2 heterocycles. The number of anilines is 2. The Morgan fingerprint density at radius 2 is 2.07 bits per heavy atom. The summed E-state index contributed by atoms with van der Waals surface area (Å²) in [6.07, 6.45) is -0.735. The van der Waals surface area contributed by atoms with Crippen LogP contribution in [0.3, 0.4) is 0 Å². The predicted octanol–water partition coefficient (Wildman–Crippen LogP) is 3.61. The molecule has 0 aliphatic carbocycles. The molecule has 0 bridgehead atoms. The number of halogens is 2. The number of nitrogens with one attached hydrogen (secondary N) is 3. The minimum Gasteiger partial charge on any atom is -0.399 e. The maximum absolute atomic E-state index is 12.7. The molecule has 3 amide bonds. The van der Waals surface area contributed by atoms with Gasteiger partial charge in [-0.05, 0) is 60.1 Å². The van der Waals surface area contributed by atoms with Crippen LogP contribution in [0.5, 0.6) is 5.06 Å². The third-order valence-corrected chi connectivity index (χ3v) is 6.11. The number of hydrogen-bond donors (Lipinski definition) is 3. The summed E-state index contributed by atoms with van der Waals surface area (Å²) in [4.78, 5) is 38.2. The smallest absolute Gasteiger partial charge is 0.399 e. The predicted molar refractivity (Wildman–Crippen MR) is 121 cm³/mol. The summed E-state index contributed by atoms with van der Waals surface area (Å²) in [5.41, 5.74) is -0.0463. The number of piperazine rings is 1. The summed E-state index contributed by atoms with van der Waals surface area (Å²) in [6.45, 7) is 4.56. The van der Waals surface area contributed by atoms with E-state index < -0.39 is 17.5 Å². The van der Waals surface area contributed by atoms with Crippen molar-refractivity contribution < 1.29 is 19.1 Å². The maximum atomic E-state index is 12.7. The van der Waals surface area contributed by atoms with Gasteiger partial charge in [-0.1, -0.05) is 22.9 Å². The van der Waals surface area contributed by atoms with Gasteiger partial charge in [-0.2, -0.15) is 0 Å². The molecule has 0 spiro atoms. The summed E-state index contributed by atoms with van der Waals surface area (Å²) in [6, 6.07) is 8.47. The molecule has 1 fully saturated rings. The molecule has 1 aliphatic rings. The number of carbonyl (C=O) groups excluding carboxylic acids is 3. The molecule has 3 N–H and O–H groups in total. The number of carbonyl (C=O) groups is 3. The number of thiophene rings is 1. The van der Waals surface area contributed by atoms with Crippen LogP contribution in [0, 0.1) is 0 Å². The summed E-state index contributed by atoms with van der Waals surface area (Å²) in [5.74, 6) is -0.503.